The van der Waals surface area contributed by atoms with Crippen molar-refractivity contribution in [3.05, 3.63) is 42.4 Å². The number of piperidine rings is 1. The molecule has 3 heterocycles. The minimum absolute atomic E-state index is 0.0117. The highest BCUT2D eigenvalue weighted by atomic mass is 19.1. The molecule has 0 aromatic carbocycles. The molecule has 1 aliphatic heterocycles. The number of carbonyl (C=O) groups excluding carboxylic acids is 1. The number of pyridine rings is 1. The Morgan fingerprint density at radius 1 is 1.50 bits per heavy atom. The normalized spacial score (nSPS) is 16.7. The number of rotatable bonds is 5. The van der Waals surface area contributed by atoms with Crippen LogP contribution in [0.5, 0.6) is 0 Å². The SMILES string of the molecule is C=C/C(=C\N(C)C)c1cnc2[nH]cc(C)c2c1NCC.CC(=O)N1CCCC(F)C1. The van der Waals surface area contributed by atoms with E-state index in [1.54, 1.807) is 4.90 Å². The first-order valence-electron chi connectivity index (χ1n) is 10.4. The number of nitrogens with zero attached hydrogens (tertiary/aromatic N) is 3. The van der Waals surface area contributed by atoms with Crippen molar-refractivity contribution in [3.8, 4) is 0 Å². The van der Waals surface area contributed by atoms with Crippen molar-refractivity contribution in [1.29, 1.82) is 0 Å². The fourth-order valence-electron chi connectivity index (χ4n) is 3.55. The molecule has 0 aliphatic carbocycles. The van der Waals surface area contributed by atoms with Crippen molar-refractivity contribution < 1.29 is 9.18 Å². The Labute approximate surface area is 178 Å². The van der Waals surface area contributed by atoms with Gasteiger partial charge in [-0.1, -0.05) is 12.7 Å². The van der Waals surface area contributed by atoms with E-state index in [-0.39, 0.29) is 5.91 Å². The van der Waals surface area contributed by atoms with Crippen LogP contribution >= 0.6 is 0 Å². The minimum Gasteiger partial charge on any atom is -0.384 e. The molecule has 1 amide bonds. The van der Waals surface area contributed by atoms with Crippen molar-refractivity contribution in [2.45, 2.75) is 39.8 Å². The molecule has 0 spiro atoms. The van der Waals surface area contributed by atoms with E-state index in [1.807, 2.05) is 37.5 Å². The van der Waals surface area contributed by atoms with Gasteiger partial charge in [0.25, 0.3) is 0 Å². The minimum atomic E-state index is -0.794. The molecule has 7 heteroatoms. The van der Waals surface area contributed by atoms with Gasteiger partial charge in [0.2, 0.25) is 5.91 Å². The summed E-state index contributed by atoms with van der Waals surface area (Å²) in [6.07, 6.45) is 8.44. The molecule has 2 aromatic heterocycles. The van der Waals surface area contributed by atoms with Crippen LogP contribution < -0.4 is 5.32 Å². The van der Waals surface area contributed by atoms with Gasteiger partial charge >= 0.3 is 0 Å². The number of aryl methyl sites for hydroxylation is 1. The maximum absolute atomic E-state index is 12.6. The molecule has 1 unspecified atom stereocenters. The van der Waals surface area contributed by atoms with Gasteiger partial charge in [-0.2, -0.15) is 0 Å². The van der Waals surface area contributed by atoms with Crippen LogP contribution in [0.4, 0.5) is 10.1 Å². The Hall–Kier alpha value is -2.83. The van der Waals surface area contributed by atoms with Crippen LogP contribution in [0.15, 0.2) is 31.2 Å². The average molecular weight is 416 g/mol. The fraction of sp³-hybridized carbons (Fsp3) is 0.478. The molecule has 30 heavy (non-hydrogen) atoms. The molecule has 1 atom stereocenters. The Morgan fingerprint density at radius 2 is 2.23 bits per heavy atom. The van der Waals surface area contributed by atoms with Gasteiger partial charge in [-0.25, -0.2) is 9.37 Å². The predicted octanol–water partition coefficient (Wildman–Crippen LogP) is 4.36. The number of H-pyrrole nitrogens is 1. The van der Waals surface area contributed by atoms with Crippen LogP contribution in [0.25, 0.3) is 16.6 Å². The first kappa shape index (κ1) is 23.4. The number of nitrogens with one attached hydrogen (secondary N) is 2. The monoisotopic (exact) mass is 415 g/mol. The van der Waals surface area contributed by atoms with Gasteiger partial charge in [0.05, 0.1) is 12.2 Å². The maximum atomic E-state index is 12.6. The number of fused-ring (bicyclic) bond motifs is 1. The Morgan fingerprint density at radius 3 is 2.77 bits per heavy atom. The number of hydrogen-bond donors (Lipinski definition) is 2. The summed E-state index contributed by atoms with van der Waals surface area (Å²) in [5.74, 6) is -0.0117. The van der Waals surface area contributed by atoms with Crippen LogP contribution in [0.3, 0.4) is 0 Å². The topological polar surface area (TPSA) is 64.3 Å². The van der Waals surface area contributed by atoms with Crippen LogP contribution in [0.1, 0.15) is 37.8 Å². The van der Waals surface area contributed by atoms with E-state index in [1.165, 1.54) is 12.5 Å². The van der Waals surface area contributed by atoms with E-state index in [4.69, 9.17) is 0 Å². The summed E-state index contributed by atoms with van der Waals surface area (Å²) in [6, 6.07) is 0. The van der Waals surface area contributed by atoms with Gasteiger partial charge in [-0.05, 0) is 32.3 Å². The molecule has 2 N–H and O–H groups in total. The fourth-order valence-corrected chi connectivity index (χ4v) is 3.55. The number of aromatic amines is 1. The summed E-state index contributed by atoms with van der Waals surface area (Å²) in [7, 11) is 4.01. The summed E-state index contributed by atoms with van der Waals surface area (Å²) < 4.78 is 12.6. The van der Waals surface area contributed by atoms with Gasteiger partial charge in [0.1, 0.15) is 11.8 Å². The third-order valence-electron chi connectivity index (χ3n) is 4.99. The number of anilines is 1. The number of halogens is 1. The first-order valence-corrected chi connectivity index (χ1v) is 10.4. The molecule has 6 nitrogen and oxygen atoms in total. The standard InChI is InChI=1S/C16H22N4.C7H12FNO/c1-6-12(10-20(4)5)13-9-19-16-14(11(3)8-18-16)15(13)17-7-2;1-6(10)9-4-2-3-7(8)5-9/h6,8-10H,1,7H2,2-5H3,(H2,17,18,19);7H,2-5H2,1H3/b12-10+;. The first-order chi connectivity index (χ1) is 14.3. The highest BCUT2D eigenvalue weighted by Crippen LogP contribution is 2.33. The molecule has 0 saturated carbocycles. The molecule has 1 aliphatic rings. The summed E-state index contributed by atoms with van der Waals surface area (Å²) in [6.45, 7) is 11.5. The number of likely N-dealkylation sites (tertiary alicyclic amines) is 1. The molecule has 2 aromatic rings. The quantitative estimate of drug-likeness (QED) is 0.713. The lowest BCUT2D eigenvalue weighted by Crippen LogP contribution is -2.39. The Kier molecular flexibility index (Phi) is 8.45. The van der Waals surface area contributed by atoms with Gasteiger partial charge in [0.15, 0.2) is 0 Å². The predicted molar refractivity (Wildman–Crippen MR) is 123 cm³/mol. The van der Waals surface area contributed by atoms with Crippen LogP contribution in [0, 0.1) is 6.92 Å². The lowest BCUT2D eigenvalue weighted by atomic mass is 10.0. The molecular formula is C23H34FN5O. The zero-order valence-corrected chi connectivity index (χ0v) is 18.8. The molecule has 0 bridgehead atoms. The van der Waals surface area contributed by atoms with E-state index in [2.05, 4.69) is 41.9 Å². The molecule has 0 radical (unpaired) electrons. The lowest BCUT2D eigenvalue weighted by molar-refractivity contribution is -0.130. The Bertz CT molecular complexity index is 902. The molecule has 1 saturated heterocycles. The van der Waals surface area contributed by atoms with Crippen molar-refractivity contribution >= 4 is 28.2 Å². The van der Waals surface area contributed by atoms with Crippen molar-refractivity contribution in [2.24, 2.45) is 0 Å². The third-order valence-corrected chi connectivity index (χ3v) is 4.99. The molecule has 3 rings (SSSR count). The lowest BCUT2D eigenvalue weighted by Gasteiger charge is -2.27. The summed E-state index contributed by atoms with van der Waals surface area (Å²) in [4.78, 5) is 22.0. The number of carbonyl (C=O) groups is 1. The number of allylic oxidation sites excluding steroid dienone is 2. The second-order valence-corrected chi connectivity index (χ2v) is 7.73. The van der Waals surface area contributed by atoms with Crippen molar-refractivity contribution in [1.82, 2.24) is 19.8 Å². The van der Waals surface area contributed by atoms with Crippen LogP contribution in [-0.2, 0) is 4.79 Å². The zero-order valence-electron chi connectivity index (χ0n) is 18.8. The van der Waals surface area contributed by atoms with Crippen LogP contribution in [-0.4, -0.2) is 65.6 Å². The second-order valence-electron chi connectivity index (χ2n) is 7.73. The number of aromatic nitrogens is 2. The number of alkyl halides is 1. The van der Waals surface area contributed by atoms with E-state index in [0.717, 1.165) is 47.4 Å². The highest BCUT2D eigenvalue weighted by Gasteiger charge is 2.20. The summed E-state index contributed by atoms with van der Waals surface area (Å²) in [5.41, 5.74) is 5.35. The third kappa shape index (κ3) is 5.84. The van der Waals surface area contributed by atoms with E-state index in [0.29, 0.717) is 13.0 Å². The smallest absolute Gasteiger partial charge is 0.219 e. The largest absolute Gasteiger partial charge is 0.384 e. The van der Waals surface area contributed by atoms with E-state index in [9.17, 15) is 9.18 Å². The van der Waals surface area contributed by atoms with E-state index < -0.39 is 6.17 Å². The summed E-state index contributed by atoms with van der Waals surface area (Å²) in [5, 5.41) is 4.62. The van der Waals surface area contributed by atoms with Crippen molar-refractivity contribution in [2.75, 3.05) is 39.0 Å². The van der Waals surface area contributed by atoms with Crippen molar-refractivity contribution in [3.63, 3.8) is 0 Å². The summed E-state index contributed by atoms with van der Waals surface area (Å²) >= 11 is 0. The second kappa shape index (κ2) is 10.8. The Balaban J connectivity index is 0.000000269. The highest BCUT2D eigenvalue weighted by molar-refractivity contribution is 5.99. The number of hydrogen-bond acceptors (Lipinski definition) is 4. The average Bonchev–Trinajstić information content (AvgIpc) is 3.08. The van der Waals surface area contributed by atoms with Gasteiger partial charge in [-0.15, -0.1) is 0 Å². The van der Waals surface area contributed by atoms with Gasteiger partial charge < -0.3 is 20.1 Å². The molecule has 164 valence electrons. The number of amides is 1. The maximum Gasteiger partial charge on any atom is 0.219 e. The van der Waals surface area contributed by atoms with Gasteiger partial charge in [0, 0.05) is 69.2 Å². The zero-order chi connectivity index (χ0) is 22.3. The molecule has 1 fully saturated rings. The van der Waals surface area contributed by atoms with Crippen LogP contribution in [0.2, 0.25) is 0 Å². The molecular weight excluding hydrogens is 381 g/mol. The van der Waals surface area contributed by atoms with E-state index >= 15 is 0 Å². The van der Waals surface area contributed by atoms with Gasteiger partial charge in [-0.3, -0.25) is 4.79 Å².